The van der Waals surface area contributed by atoms with Gasteiger partial charge in [-0.25, -0.2) is 4.79 Å². The molecule has 5 nitrogen and oxygen atoms in total. The van der Waals surface area contributed by atoms with Gasteiger partial charge in [0.15, 0.2) is 0 Å². The van der Waals surface area contributed by atoms with Crippen LogP contribution in [0.5, 0.6) is 0 Å². The minimum atomic E-state index is -0.886. The van der Waals surface area contributed by atoms with Crippen LogP contribution >= 0.6 is 0 Å². The highest BCUT2D eigenvalue weighted by Gasteiger charge is 2.26. The molecule has 3 rings (SSSR count). The van der Waals surface area contributed by atoms with Gasteiger partial charge in [0.2, 0.25) is 5.91 Å². The van der Waals surface area contributed by atoms with Gasteiger partial charge in [-0.15, -0.1) is 0 Å². The average molecular weight is 288 g/mol. The molecule has 112 valence electrons. The van der Waals surface area contributed by atoms with Gasteiger partial charge < -0.3 is 15.3 Å². The van der Waals surface area contributed by atoms with Gasteiger partial charge in [-0.3, -0.25) is 4.79 Å². The summed E-state index contributed by atoms with van der Waals surface area (Å²) in [5.41, 5.74) is 2.23. The zero-order valence-corrected chi connectivity index (χ0v) is 12.0. The summed E-state index contributed by atoms with van der Waals surface area (Å²) in [5.74, 6) is -0.247. The first kappa shape index (κ1) is 14.1. The fourth-order valence-electron chi connectivity index (χ4n) is 3.29. The number of benzene rings is 1. The number of nitrogens with zero attached hydrogens (tertiary/aromatic N) is 1. The predicted octanol–water partition coefficient (Wildman–Crippen LogP) is 1.27. The summed E-state index contributed by atoms with van der Waals surface area (Å²) in [6.45, 7) is 3.09. The van der Waals surface area contributed by atoms with Gasteiger partial charge in [0.25, 0.3) is 0 Å². The predicted molar refractivity (Wildman–Crippen MR) is 78.1 cm³/mol. The normalized spacial score (nSPS) is 21.1. The lowest BCUT2D eigenvalue weighted by molar-refractivity contribution is -0.133. The average Bonchev–Trinajstić information content (AvgIpc) is 2.98. The molecule has 0 bridgehead atoms. The third-order valence-corrected chi connectivity index (χ3v) is 4.47. The second-order valence-electron chi connectivity index (χ2n) is 5.88. The zero-order chi connectivity index (χ0) is 14.8. The van der Waals surface area contributed by atoms with E-state index in [-0.39, 0.29) is 5.91 Å². The number of nitrogens with one attached hydrogen (secondary N) is 1. The van der Waals surface area contributed by atoms with E-state index in [1.165, 1.54) is 0 Å². The molecule has 2 aliphatic rings. The summed E-state index contributed by atoms with van der Waals surface area (Å²) in [4.78, 5) is 25.5. The van der Waals surface area contributed by atoms with Crippen molar-refractivity contribution >= 4 is 11.9 Å². The number of carboxylic acid groups (broad SMARTS) is 1. The SMILES string of the molecule is O=C(O)c1cccc2c1CCN(C(=O)CC1CCNC1)C2. The molecule has 2 N–H and O–H groups in total. The Morgan fingerprint density at radius 1 is 1.38 bits per heavy atom. The van der Waals surface area contributed by atoms with E-state index in [1.54, 1.807) is 12.1 Å². The maximum atomic E-state index is 12.4. The first-order valence-electron chi connectivity index (χ1n) is 7.47. The minimum Gasteiger partial charge on any atom is -0.478 e. The quantitative estimate of drug-likeness (QED) is 0.879. The molecule has 5 heteroatoms. The number of hydrogen-bond acceptors (Lipinski definition) is 3. The molecule has 0 aromatic heterocycles. The van der Waals surface area contributed by atoms with Crippen LogP contribution in [0.3, 0.4) is 0 Å². The van der Waals surface area contributed by atoms with Crippen LogP contribution in [0.1, 0.15) is 34.3 Å². The number of fused-ring (bicyclic) bond motifs is 1. The highest BCUT2D eigenvalue weighted by Crippen LogP contribution is 2.24. The molecule has 1 fully saturated rings. The summed E-state index contributed by atoms with van der Waals surface area (Å²) >= 11 is 0. The van der Waals surface area contributed by atoms with Crippen LogP contribution in [-0.2, 0) is 17.8 Å². The third kappa shape index (κ3) is 2.93. The Labute approximate surface area is 123 Å². The number of carbonyl (C=O) groups excluding carboxylic acids is 1. The topological polar surface area (TPSA) is 69.6 Å². The van der Waals surface area contributed by atoms with Crippen LogP contribution in [-0.4, -0.2) is 41.5 Å². The van der Waals surface area contributed by atoms with E-state index in [0.717, 1.165) is 30.6 Å². The summed E-state index contributed by atoms with van der Waals surface area (Å²) in [6, 6.07) is 5.33. The van der Waals surface area contributed by atoms with E-state index in [9.17, 15) is 14.7 Å². The molecule has 1 aromatic rings. The van der Waals surface area contributed by atoms with Crippen molar-refractivity contribution in [2.75, 3.05) is 19.6 Å². The lowest BCUT2D eigenvalue weighted by atomic mass is 9.94. The Balaban J connectivity index is 1.71. The maximum absolute atomic E-state index is 12.4. The summed E-state index contributed by atoms with van der Waals surface area (Å²) in [6.07, 6.45) is 2.30. The van der Waals surface area contributed by atoms with Gasteiger partial charge >= 0.3 is 5.97 Å². The molecule has 2 aliphatic heterocycles. The molecular weight excluding hydrogens is 268 g/mol. The largest absolute Gasteiger partial charge is 0.478 e. The Morgan fingerprint density at radius 3 is 2.95 bits per heavy atom. The molecular formula is C16H20N2O3. The van der Waals surface area contributed by atoms with E-state index >= 15 is 0 Å². The molecule has 1 aromatic carbocycles. The number of aromatic carboxylic acids is 1. The van der Waals surface area contributed by atoms with Gasteiger partial charge in [-0.2, -0.15) is 0 Å². The van der Waals surface area contributed by atoms with Crippen LogP contribution < -0.4 is 5.32 Å². The highest BCUT2D eigenvalue weighted by molar-refractivity contribution is 5.90. The van der Waals surface area contributed by atoms with Crippen molar-refractivity contribution in [1.29, 1.82) is 0 Å². The van der Waals surface area contributed by atoms with Crippen molar-refractivity contribution in [3.63, 3.8) is 0 Å². The Kier molecular flexibility index (Phi) is 3.92. The Bertz CT molecular complexity index is 565. The van der Waals surface area contributed by atoms with Crippen molar-refractivity contribution < 1.29 is 14.7 Å². The van der Waals surface area contributed by atoms with E-state index in [4.69, 9.17) is 0 Å². The molecule has 2 heterocycles. The van der Waals surface area contributed by atoms with Crippen LogP contribution in [0.2, 0.25) is 0 Å². The fraction of sp³-hybridized carbons (Fsp3) is 0.500. The van der Waals surface area contributed by atoms with Crippen molar-refractivity contribution in [2.24, 2.45) is 5.92 Å². The molecule has 1 atom stereocenters. The van der Waals surface area contributed by atoms with Crippen LogP contribution in [0.4, 0.5) is 0 Å². The molecule has 0 saturated carbocycles. The standard InChI is InChI=1S/C16H20N2O3/c19-15(8-11-4-6-17-9-11)18-7-5-13-12(10-18)2-1-3-14(13)16(20)21/h1-3,11,17H,4-10H2,(H,20,21). The highest BCUT2D eigenvalue weighted by atomic mass is 16.4. The summed E-state index contributed by atoms with van der Waals surface area (Å²) < 4.78 is 0. The molecule has 21 heavy (non-hydrogen) atoms. The smallest absolute Gasteiger partial charge is 0.335 e. The Hall–Kier alpha value is -1.88. The van der Waals surface area contributed by atoms with E-state index in [0.29, 0.717) is 37.4 Å². The van der Waals surface area contributed by atoms with Crippen LogP contribution in [0.25, 0.3) is 0 Å². The van der Waals surface area contributed by atoms with E-state index in [1.807, 2.05) is 11.0 Å². The number of hydrogen-bond donors (Lipinski definition) is 2. The lowest BCUT2D eigenvalue weighted by Crippen LogP contribution is -2.37. The van der Waals surface area contributed by atoms with Crippen molar-refractivity contribution in [2.45, 2.75) is 25.8 Å². The first-order valence-corrected chi connectivity index (χ1v) is 7.47. The van der Waals surface area contributed by atoms with Crippen molar-refractivity contribution in [3.8, 4) is 0 Å². The monoisotopic (exact) mass is 288 g/mol. The molecule has 0 radical (unpaired) electrons. The number of carboxylic acids is 1. The first-order chi connectivity index (χ1) is 10.1. The number of amides is 1. The van der Waals surface area contributed by atoms with Gasteiger partial charge in [-0.1, -0.05) is 12.1 Å². The van der Waals surface area contributed by atoms with Gasteiger partial charge in [0, 0.05) is 19.5 Å². The number of rotatable bonds is 3. The van der Waals surface area contributed by atoms with Crippen LogP contribution in [0, 0.1) is 5.92 Å². The summed E-state index contributed by atoms with van der Waals surface area (Å²) in [5, 5.41) is 12.5. The molecule has 0 aliphatic carbocycles. The third-order valence-electron chi connectivity index (χ3n) is 4.47. The fourth-order valence-corrected chi connectivity index (χ4v) is 3.29. The van der Waals surface area contributed by atoms with E-state index < -0.39 is 5.97 Å². The van der Waals surface area contributed by atoms with Gasteiger partial charge in [-0.05, 0) is 49.0 Å². The lowest BCUT2D eigenvalue weighted by Gasteiger charge is -2.30. The van der Waals surface area contributed by atoms with Crippen molar-refractivity contribution in [3.05, 3.63) is 34.9 Å². The number of carbonyl (C=O) groups is 2. The molecule has 0 spiro atoms. The van der Waals surface area contributed by atoms with Crippen LogP contribution in [0.15, 0.2) is 18.2 Å². The van der Waals surface area contributed by atoms with Gasteiger partial charge in [0.1, 0.15) is 0 Å². The second-order valence-corrected chi connectivity index (χ2v) is 5.88. The summed E-state index contributed by atoms with van der Waals surface area (Å²) in [7, 11) is 0. The molecule has 1 unspecified atom stereocenters. The Morgan fingerprint density at radius 2 is 2.24 bits per heavy atom. The van der Waals surface area contributed by atoms with Gasteiger partial charge in [0.05, 0.1) is 5.56 Å². The van der Waals surface area contributed by atoms with E-state index in [2.05, 4.69) is 5.32 Å². The molecule has 1 saturated heterocycles. The second kappa shape index (κ2) is 5.85. The maximum Gasteiger partial charge on any atom is 0.335 e. The minimum absolute atomic E-state index is 0.190. The molecule has 1 amide bonds. The van der Waals surface area contributed by atoms with Crippen molar-refractivity contribution in [1.82, 2.24) is 10.2 Å². The zero-order valence-electron chi connectivity index (χ0n) is 12.0.